The summed E-state index contributed by atoms with van der Waals surface area (Å²) < 4.78 is 20.3. The van der Waals surface area contributed by atoms with E-state index in [1.54, 1.807) is 94.2 Å². The fraction of sp³-hybridized carbons (Fsp3) is 0.111. The van der Waals surface area contributed by atoms with Crippen LogP contribution >= 0.6 is 0 Å². The lowest BCUT2D eigenvalue weighted by Crippen LogP contribution is -2.07. The van der Waals surface area contributed by atoms with Crippen LogP contribution in [0.15, 0.2) is 169 Å². The molecule has 0 amide bonds. The largest absolute Gasteiger partial charge is 0.508 e. The van der Waals surface area contributed by atoms with Crippen LogP contribution in [0.4, 0.5) is 0 Å². The van der Waals surface area contributed by atoms with Gasteiger partial charge in [-0.15, -0.1) is 0 Å². The third kappa shape index (κ3) is 10.2. The molecule has 3 N–H and O–H groups in total. The lowest BCUT2D eigenvalue weighted by Gasteiger charge is -2.10. The summed E-state index contributed by atoms with van der Waals surface area (Å²) in [5, 5.41) is 29.6. The fourth-order valence-electron chi connectivity index (χ4n) is 7.80. The van der Waals surface area contributed by atoms with Gasteiger partial charge in [-0.3, -0.25) is 18.4 Å². The zero-order chi connectivity index (χ0) is 47.1. The fourth-order valence-corrected chi connectivity index (χ4v) is 7.80. The van der Waals surface area contributed by atoms with Crippen LogP contribution in [0.5, 0.6) is 29.0 Å². The second-order valence-corrected chi connectivity index (χ2v) is 16.0. The van der Waals surface area contributed by atoms with Crippen molar-refractivity contribution in [3.8, 4) is 51.5 Å². The van der Waals surface area contributed by atoms with Crippen LogP contribution in [0.2, 0.25) is 0 Å². The van der Waals surface area contributed by atoms with Gasteiger partial charge in [-0.05, 0) is 65.2 Å². The highest BCUT2D eigenvalue weighted by molar-refractivity contribution is 5.72. The number of phenolic OH excluding ortho intramolecular Hbond substituents is 3. The zero-order valence-electron chi connectivity index (χ0n) is 37.0. The van der Waals surface area contributed by atoms with Gasteiger partial charge in [0.1, 0.15) is 34.4 Å². The van der Waals surface area contributed by atoms with Crippen LogP contribution in [0, 0.1) is 0 Å². The van der Waals surface area contributed by atoms with Crippen molar-refractivity contribution in [3.05, 3.63) is 209 Å². The molecule has 10 rings (SSSR count). The molecule has 0 saturated heterocycles. The van der Waals surface area contributed by atoms with E-state index in [0.29, 0.717) is 83.0 Å². The summed E-state index contributed by atoms with van der Waals surface area (Å²) in [6.07, 6.45) is 6.96. The molecule has 0 unspecified atom stereocenters. The van der Waals surface area contributed by atoms with Crippen molar-refractivity contribution in [2.75, 3.05) is 0 Å². The number of carbonyl (C=O) groups excluding carboxylic acids is 2. The summed E-state index contributed by atoms with van der Waals surface area (Å²) in [4.78, 5) is 43.4. The summed E-state index contributed by atoms with van der Waals surface area (Å²) in [6.45, 7) is 2.71. The number of hydrogen-bond donors (Lipinski definition) is 3. The molecular weight excluding hydrogens is 861 g/mol. The van der Waals surface area contributed by atoms with E-state index in [9.17, 15) is 24.9 Å². The van der Waals surface area contributed by atoms with E-state index in [1.807, 2.05) is 78.9 Å². The molecule has 0 aliphatic rings. The molecule has 0 atom stereocenters. The van der Waals surface area contributed by atoms with E-state index in [2.05, 4.69) is 0 Å². The number of hydrogen-bond acceptors (Lipinski definition) is 12. The molecule has 5 heterocycles. The predicted molar refractivity (Wildman–Crippen MR) is 254 cm³/mol. The van der Waals surface area contributed by atoms with E-state index in [0.717, 1.165) is 33.5 Å². The average molecular weight is 905 g/mol. The lowest BCUT2D eigenvalue weighted by atomic mass is 10.1. The van der Waals surface area contributed by atoms with Crippen LogP contribution in [0.25, 0.3) is 33.8 Å². The monoisotopic (exact) mass is 904 g/mol. The topological polar surface area (TPSA) is 187 Å². The number of fused-ring (bicyclic) bond motifs is 2. The van der Waals surface area contributed by atoms with Crippen molar-refractivity contribution in [2.24, 2.45) is 0 Å². The molecule has 0 fully saturated rings. The summed E-state index contributed by atoms with van der Waals surface area (Å²) in [6, 6.07) is 44.1. The highest BCUT2D eigenvalue weighted by Gasteiger charge is 2.23. The Kier molecular flexibility index (Phi) is 12.7. The normalized spacial score (nSPS) is 11.0. The van der Waals surface area contributed by atoms with Gasteiger partial charge in [-0.2, -0.15) is 0 Å². The second kappa shape index (κ2) is 19.6. The highest BCUT2D eigenvalue weighted by atomic mass is 16.5. The molecule has 14 heteroatoms. The molecule has 14 nitrogen and oxygen atoms in total. The Bertz CT molecular complexity index is 3390. The van der Waals surface area contributed by atoms with Crippen LogP contribution in [-0.4, -0.2) is 56.0 Å². The molecule has 0 aliphatic heterocycles. The smallest absolute Gasteiger partial charge is 0.309 e. The Morgan fingerprint density at radius 2 is 0.941 bits per heavy atom. The molecule has 0 spiro atoms. The molecular formula is C54H44N6O8. The number of imidazole rings is 2. The Morgan fingerprint density at radius 3 is 1.38 bits per heavy atom. The maximum absolute atomic E-state index is 12.0. The molecule has 0 bridgehead atoms. The van der Waals surface area contributed by atoms with E-state index < -0.39 is 11.9 Å². The van der Waals surface area contributed by atoms with E-state index in [-0.39, 0.29) is 17.2 Å². The first kappa shape index (κ1) is 44.2. The lowest BCUT2D eigenvalue weighted by molar-refractivity contribution is -0.133. The van der Waals surface area contributed by atoms with Crippen molar-refractivity contribution >= 4 is 23.2 Å². The second-order valence-electron chi connectivity index (χ2n) is 16.0. The molecule has 5 aromatic heterocycles. The van der Waals surface area contributed by atoms with Gasteiger partial charge < -0.3 is 29.2 Å². The van der Waals surface area contributed by atoms with Crippen molar-refractivity contribution < 1.29 is 38.8 Å². The number of esters is 2. The Morgan fingerprint density at radius 1 is 0.485 bits per heavy atom. The first-order valence-corrected chi connectivity index (χ1v) is 21.7. The molecule has 5 aromatic carbocycles. The number of phenols is 3. The van der Waals surface area contributed by atoms with Crippen LogP contribution < -0.4 is 9.47 Å². The minimum atomic E-state index is -0.459. The minimum Gasteiger partial charge on any atom is -0.508 e. The quantitative estimate of drug-likeness (QED) is 0.0987. The number of ether oxygens (including phenoxy) is 2. The van der Waals surface area contributed by atoms with Crippen molar-refractivity contribution in [1.29, 1.82) is 0 Å². The molecule has 338 valence electrons. The average Bonchev–Trinajstić information content (AvgIpc) is 4.06. The summed E-state index contributed by atoms with van der Waals surface area (Å²) in [7, 11) is 0. The van der Waals surface area contributed by atoms with Gasteiger partial charge in [0.15, 0.2) is 11.3 Å². The first-order chi connectivity index (χ1) is 33.0. The number of benzene rings is 5. The standard InChI is InChI=1S/C28H23N3O4.C26H21N3O4/c1-18(32)35-28-25(15-20-10-12-22(33)13-11-20)30-27-24(14-19-6-3-2-4-7-19)29-26(17-31(27)28)21-8-5-9-23(34)16-21;1-17(30)33-26-23(15-21-11-6-12-32-21)28-25-22(13-18-7-3-2-4-8-18)27-24(16-29(25)26)19-9-5-10-20(31)14-19/h2-13,16-17,33-34H,14-15H2,1H3;2-12,14,16,31H,13,15H2,1H3. The van der Waals surface area contributed by atoms with E-state index in [1.165, 1.54) is 13.8 Å². The van der Waals surface area contributed by atoms with Crippen molar-refractivity contribution in [3.63, 3.8) is 0 Å². The number of rotatable bonds is 12. The molecule has 0 saturated carbocycles. The van der Waals surface area contributed by atoms with Crippen molar-refractivity contribution in [2.45, 2.75) is 39.5 Å². The van der Waals surface area contributed by atoms with Gasteiger partial charge in [-0.25, -0.2) is 19.9 Å². The highest BCUT2D eigenvalue weighted by Crippen LogP contribution is 2.32. The van der Waals surface area contributed by atoms with E-state index >= 15 is 0 Å². The molecule has 68 heavy (non-hydrogen) atoms. The number of aromatic nitrogens is 6. The van der Waals surface area contributed by atoms with Crippen LogP contribution in [0.3, 0.4) is 0 Å². The summed E-state index contributed by atoms with van der Waals surface area (Å²) in [5.41, 5.74) is 9.51. The van der Waals surface area contributed by atoms with Gasteiger partial charge in [0.25, 0.3) is 0 Å². The Balaban J connectivity index is 0.000000170. The maximum Gasteiger partial charge on any atom is 0.309 e. The minimum absolute atomic E-state index is 0.132. The Hall–Kier alpha value is -9.04. The zero-order valence-corrected chi connectivity index (χ0v) is 37.0. The molecule has 10 aromatic rings. The molecule has 0 radical (unpaired) electrons. The van der Waals surface area contributed by atoms with E-state index in [4.69, 9.17) is 33.8 Å². The number of carbonyl (C=O) groups is 2. The maximum atomic E-state index is 12.0. The SMILES string of the molecule is CC(=O)Oc1c(Cc2ccc(O)cc2)nc2c(Cc3ccccc3)nc(-c3cccc(O)c3)cn12.CC(=O)Oc1c(Cc2ccco2)nc2c(Cc3ccccc3)nc(-c3cccc(O)c3)cn12. The van der Waals surface area contributed by atoms with Crippen molar-refractivity contribution in [1.82, 2.24) is 28.7 Å². The van der Waals surface area contributed by atoms with Crippen LogP contribution in [0.1, 0.15) is 59.1 Å². The third-order valence-corrected chi connectivity index (χ3v) is 10.8. The molecule has 0 aliphatic carbocycles. The predicted octanol–water partition coefficient (Wildman–Crippen LogP) is 9.72. The first-order valence-electron chi connectivity index (χ1n) is 21.7. The van der Waals surface area contributed by atoms with Crippen LogP contribution in [-0.2, 0) is 35.3 Å². The number of nitrogens with zero attached hydrogens (tertiary/aromatic N) is 6. The summed E-state index contributed by atoms with van der Waals surface area (Å²) in [5.74, 6) is 0.894. The van der Waals surface area contributed by atoms with Gasteiger partial charge in [-0.1, -0.05) is 97.1 Å². The number of furan rings is 1. The van der Waals surface area contributed by atoms with Gasteiger partial charge in [0.2, 0.25) is 11.8 Å². The number of aromatic hydroxyl groups is 3. The van der Waals surface area contributed by atoms with Gasteiger partial charge >= 0.3 is 11.9 Å². The van der Waals surface area contributed by atoms with Gasteiger partial charge in [0, 0.05) is 56.6 Å². The third-order valence-electron chi connectivity index (χ3n) is 10.8. The Labute approximate surface area is 390 Å². The summed E-state index contributed by atoms with van der Waals surface area (Å²) >= 11 is 0. The van der Waals surface area contributed by atoms with Gasteiger partial charge in [0.05, 0.1) is 35.5 Å².